The Morgan fingerprint density at radius 3 is 2.00 bits per heavy atom. The molecule has 0 saturated heterocycles. The molecule has 0 aliphatic carbocycles. The van der Waals surface area contributed by atoms with E-state index in [4.69, 9.17) is 5.73 Å². The van der Waals surface area contributed by atoms with E-state index in [1.54, 1.807) is 30.5 Å². The van der Waals surface area contributed by atoms with Gasteiger partial charge in [-0.3, -0.25) is 5.10 Å². The second-order valence-electron chi connectivity index (χ2n) is 5.16. The van der Waals surface area contributed by atoms with E-state index in [0.29, 0.717) is 22.3 Å². The van der Waals surface area contributed by atoms with E-state index in [1.807, 2.05) is 46.8 Å². The van der Waals surface area contributed by atoms with Gasteiger partial charge in [0.05, 0.1) is 37.1 Å². The highest BCUT2D eigenvalue weighted by Gasteiger charge is 2.10. The number of rotatable bonds is 2. The molecule has 0 unspecified atom stereocenters. The minimum atomic E-state index is -0.392. The van der Waals surface area contributed by atoms with Crippen molar-refractivity contribution in [1.82, 2.24) is 10.2 Å². The zero-order chi connectivity index (χ0) is 22.4. The molecule has 0 aliphatic heterocycles. The number of aryl methyl sites for hydroxylation is 1. The van der Waals surface area contributed by atoms with Crippen LogP contribution < -0.4 is 5.73 Å². The topological polar surface area (TPSA) is 107 Å². The van der Waals surface area contributed by atoms with Gasteiger partial charge >= 0.3 is 11.9 Å². The molecule has 0 bridgehead atoms. The molecule has 0 saturated carbocycles. The first-order chi connectivity index (χ1) is 14.0. The van der Waals surface area contributed by atoms with Gasteiger partial charge < -0.3 is 15.2 Å². The van der Waals surface area contributed by atoms with Crippen molar-refractivity contribution in [3.8, 4) is 0 Å². The number of aromatic amines is 1. The minimum absolute atomic E-state index is 0.352. The average Bonchev–Trinajstić information content (AvgIpc) is 3.27. The summed E-state index contributed by atoms with van der Waals surface area (Å²) in [7, 11) is 2.70. The number of hydrogen-bond donors (Lipinski definition) is 2. The summed E-state index contributed by atoms with van der Waals surface area (Å²) in [5.74, 6) is -0.744. The normalized spacial score (nSPS) is 8.93. The lowest BCUT2D eigenvalue weighted by atomic mass is 10.1. The number of aromatic nitrogens is 2. The molecule has 1 heterocycles. The van der Waals surface area contributed by atoms with Crippen molar-refractivity contribution < 1.29 is 19.1 Å². The average molecular weight is 402 g/mol. The molecule has 158 valence electrons. The van der Waals surface area contributed by atoms with Crippen LogP contribution in [-0.2, 0) is 9.47 Å². The number of esters is 2. The van der Waals surface area contributed by atoms with E-state index in [0.717, 1.165) is 10.9 Å². The lowest BCUT2D eigenvalue weighted by Gasteiger charge is -2.04. The van der Waals surface area contributed by atoms with E-state index in [1.165, 1.54) is 14.2 Å². The lowest BCUT2D eigenvalue weighted by molar-refractivity contribution is 0.0593. The lowest BCUT2D eigenvalue weighted by Crippen LogP contribution is -2.06. The van der Waals surface area contributed by atoms with Crippen LogP contribution in [0.5, 0.6) is 0 Å². The molecule has 0 amide bonds. The predicted molar refractivity (Wildman–Crippen MR) is 117 cm³/mol. The number of carbonyl (C=O) groups is 2. The van der Waals surface area contributed by atoms with Crippen molar-refractivity contribution in [3.05, 3.63) is 59.3 Å². The summed E-state index contributed by atoms with van der Waals surface area (Å²) in [5, 5.41) is 7.50. The number of nitrogens with zero attached hydrogens (tertiary/aromatic N) is 1. The number of fused-ring (bicyclic) bond motifs is 1. The van der Waals surface area contributed by atoms with Crippen LogP contribution in [-0.4, -0.2) is 36.4 Å². The Kier molecular flexibility index (Phi) is 12.2. The van der Waals surface area contributed by atoms with Crippen LogP contribution in [0.15, 0.2) is 42.6 Å². The first kappa shape index (κ1) is 25.6. The first-order valence-corrected chi connectivity index (χ1v) is 9.43. The monoisotopic (exact) mass is 401 g/mol. The maximum atomic E-state index is 11.3. The fourth-order valence-electron chi connectivity index (χ4n) is 2.22. The number of nitrogen functional groups attached to an aromatic ring is 1. The molecular weight excluding hydrogens is 370 g/mol. The maximum absolute atomic E-state index is 11.3. The van der Waals surface area contributed by atoms with Gasteiger partial charge in [-0.25, -0.2) is 9.59 Å². The number of H-pyrrole nitrogens is 1. The highest BCUT2D eigenvalue weighted by molar-refractivity contribution is 6.02. The third-order valence-corrected chi connectivity index (χ3v) is 3.61. The number of carbonyl (C=O) groups excluding carboxylic acids is 2. The molecule has 3 rings (SSSR count). The Balaban J connectivity index is 0.000000463. The molecule has 2 aromatic carbocycles. The summed E-state index contributed by atoms with van der Waals surface area (Å²) in [6.07, 6.45) is 1.67. The maximum Gasteiger partial charge on any atom is 0.340 e. The highest BCUT2D eigenvalue weighted by atomic mass is 16.5. The predicted octanol–water partition coefficient (Wildman–Crippen LogP) is 4.77. The first-order valence-electron chi connectivity index (χ1n) is 9.43. The second-order valence-corrected chi connectivity index (χ2v) is 5.16. The zero-order valence-corrected chi connectivity index (χ0v) is 18.2. The van der Waals surface area contributed by atoms with Gasteiger partial charge in [0.2, 0.25) is 0 Å². The van der Waals surface area contributed by atoms with Crippen molar-refractivity contribution in [2.75, 3.05) is 20.0 Å². The van der Waals surface area contributed by atoms with Gasteiger partial charge in [0.1, 0.15) is 0 Å². The van der Waals surface area contributed by atoms with E-state index < -0.39 is 5.97 Å². The number of methoxy groups -OCH3 is 2. The summed E-state index contributed by atoms with van der Waals surface area (Å²) in [5.41, 5.74) is 8.69. The Hall–Kier alpha value is -3.35. The Labute approximate surface area is 172 Å². The van der Waals surface area contributed by atoms with Gasteiger partial charge in [0.25, 0.3) is 0 Å². The van der Waals surface area contributed by atoms with Crippen LogP contribution in [0.1, 0.15) is 54.0 Å². The summed E-state index contributed by atoms with van der Waals surface area (Å²) < 4.78 is 9.18. The van der Waals surface area contributed by atoms with Crippen LogP contribution in [0.3, 0.4) is 0 Å². The summed E-state index contributed by atoms with van der Waals surface area (Å²) in [6, 6.07) is 10.6. The minimum Gasteiger partial charge on any atom is -0.465 e. The van der Waals surface area contributed by atoms with Crippen LogP contribution in [0, 0.1) is 6.92 Å². The van der Waals surface area contributed by atoms with E-state index in [9.17, 15) is 9.59 Å². The Morgan fingerprint density at radius 2 is 1.41 bits per heavy atom. The summed E-state index contributed by atoms with van der Waals surface area (Å²) in [6.45, 7) is 9.85. The van der Waals surface area contributed by atoms with Gasteiger partial charge in [-0.15, -0.1) is 0 Å². The molecule has 0 spiro atoms. The van der Waals surface area contributed by atoms with Gasteiger partial charge in [0.15, 0.2) is 0 Å². The molecule has 29 heavy (non-hydrogen) atoms. The number of nitrogens with one attached hydrogen (secondary N) is 1. The van der Waals surface area contributed by atoms with Crippen LogP contribution in [0.25, 0.3) is 10.9 Å². The van der Waals surface area contributed by atoms with Crippen LogP contribution >= 0.6 is 0 Å². The highest BCUT2D eigenvalue weighted by Crippen LogP contribution is 2.17. The molecule has 7 heteroatoms. The van der Waals surface area contributed by atoms with Crippen molar-refractivity contribution in [2.45, 2.75) is 34.6 Å². The largest absolute Gasteiger partial charge is 0.465 e. The third-order valence-electron chi connectivity index (χ3n) is 3.61. The number of hydrogen-bond acceptors (Lipinski definition) is 6. The SMILES string of the molecule is CC.CC.COC(=O)c1cccc(C)c1N.COC(=O)c1cccc2cn[nH]c12. The fraction of sp³-hybridized carbons (Fsp3) is 0.318. The summed E-state index contributed by atoms with van der Waals surface area (Å²) >= 11 is 0. The van der Waals surface area contributed by atoms with Gasteiger partial charge in [-0.05, 0) is 24.6 Å². The van der Waals surface area contributed by atoms with E-state index in [-0.39, 0.29) is 5.97 Å². The molecule has 3 N–H and O–H groups in total. The Morgan fingerprint density at radius 1 is 0.897 bits per heavy atom. The Bertz CT molecular complexity index is 904. The summed E-state index contributed by atoms with van der Waals surface area (Å²) in [4.78, 5) is 22.3. The van der Waals surface area contributed by atoms with Gasteiger partial charge in [0, 0.05) is 11.1 Å². The molecule has 7 nitrogen and oxygen atoms in total. The second kappa shape index (κ2) is 13.8. The standard InChI is InChI=1S/C9H8N2O2.C9H11NO2.2C2H6/c1-13-9(12)7-4-2-3-6-5-10-11-8(6)7;1-6-4-3-5-7(8(6)10)9(11)12-2;2*1-2/h2-5H,1H3,(H,10,11);3-5H,10H2,1-2H3;2*1-2H3. The third kappa shape index (κ3) is 6.95. The van der Waals surface area contributed by atoms with Crippen LogP contribution in [0.4, 0.5) is 5.69 Å². The van der Waals surface area contributed by atoms with Crippen molar-refractivity contribution in [2.24, 2.45) is 0 Å². The molecule has 0 radical (unpaired) electrons. The molecule has 3 aromatic rings. The quantitative estimate of drug-likeness (QED) is 0.473. The number of ether oxygens (including phenoxy) is 2. The number of para-hydroxylation sites is 2. The molecule has 0 atom stereocenters. The zero-order valence-electron chi connectivity index (χ0n) is 18.2. The smallest absolute Gasteiger partial charge is 0.340 e. The van der Waals surface area contributed by atoms with Gasteiger partial charge in [-0.1, -0.05) is 52.0 Å². The molecule has 0 aliphatic rings. The van der Waals surface area contributed by atoms with Crippen LogP contribution in [0.2, 0.25) is 0 Å². The van der Waals surface area contributed by atoms with Crippen molar-refractivity contribution in [1.29, 1.82) is 0 Å². The number of nitrogens with two attached hydrogens (primary N) is 1. The van der Waals surface area contributed by atoms with E-state index >= 15 is 0 Å². The van der Waals surface area contributed by atoms with Crippen molar-refractivity contribution >= 4 is 28.5 Å². The number of benzene rings is 2. The van der Waals surface area contributed by atoms with Crippen molar-refractivity contribution in [3.63, 3.8) is 0 Å². The number of anilines is 1. The molecular formula is C22H31N3O4. The molecule has 0 fully saturated rings. The van der Waals surface area contributed by atoms with Gasteiger partial charge in [-0.2, -0.15) is 5.10 Å². The fourth-order valence-corrected chi connectivity index (χ4v) is 2.22. The van der Waals surface area contributed by atoms with E-state index in [2.05, 4.69) is 19.7 Å². The molecule has 1 aromatic heterocycles.